The molecule has 2 aromatic rings. The zero-order chi connectivity index (χ0) is 17.5. The summed E-state index contributed by atoms with van der Waals surface area (Å²) in [6.45, 7) is 2.77. The number of hydrogen-bond donors (Lipinski definition) is 2. The second kappa shape index (κ2) is 8.89. The fraction of sp³-hybridized carbons (Fsp3) is 0.278. The Morgan fingerprint density at radius 3 is 2.46 bits per heavy atom. The first-order valence-corrected chi connectivity index (χ1v) is 8.75. The molecular weight excluding hydrogens is 388 g/mol. The van der Waals surface area contributed by atoms with Crippen LogP contribution in [-0.2, 0) is 6.42 Å². The summed E-state index contributed by atoms with van der Waals surface area (Å²) in [6, 6.07) is 12.0. The van der Waals surface area contributed by atoms with Gasteiger partial charge in [-0.1, -0.05) is 12.1 Å². The number of halogens is 1. The van der Waals surface area contributed by atoms with Gasteiger partial charge >= 0.3 is 0 Å². The van der Waals surface area contributed by atoms with Crippen LogP contribution in [0.15, 0.2) is 40.9 Å². The van der Waals surface area contributed by atoms with Crippen LogP contribution in [0.3, 0.4) is 0 Å². The van der Waals surface area contributed by atoms with Gasteiger partial charge in [-0.15, -0.1) is 0 Å². The zero-order valence-corrected chi connectivity index (χ0v) is 16.4. The molecule has 128 valence electrons. The van der Waals surface area contributed by atoms with Gasteiger partial charge in [-0.2, -0.15) is 0 Å². The molecule has 0 unspecified atom stereocenters. The Morgan fingerprint density at radius 1 is 1.08 bits per heavy atom. The molecule has 0 aromatic heterocycles. The summed E-state index contributed by atoms with van der Waals surface area (Å²) in [6.07, 6.45) is 0.857. The first-order valence-electron chi connectivity index (χ1n) is 7.55. The van der Waals surface area contributed by atoms with Crippen molar-refractivity contribution >= 4 is 38.9 Å². The smallest absolute Gasteiger partial charge is 0.170 e. The SMILES string of the molecule is COc1ccc(CCNC(=S)Nc2cc(C)ccc2OC)cc1Br. The highest BCUT2D eigenvalue weighted by Crippen LogP contribution is 2.26. The number of ether oxygens (including phenoxy) is 2. The number of benzene rings is 2. The number of nitrogens with one attached hydrogen (secondary N) is 2. The quantitative estimate of drug-likeness (QED) is 0.697. The van der Waals surface area contributed by atoms with Gasteiger partial charge in [-0.05, 0) is 76.9 Å². The number of thiocarbonyl (C=S) groups is 1. The van der Waals surface area contributed by atoms with Crippen LogP contribution in [0.25, 0.3) is 0 Å². The Balaban J connectivity index is 1.88. The van der Waals surface area contributed by atoms with Crippen molar-refractivity contribution in [3.63, 3.8) is 0 Å². The third-order valence-corrected chi connectivity index (χ3v) is 4.38. The maximum absolute atomic E-state index is 5.36. The van der Waals surface area contributed by atoms with Crippen molar-refractivity contribution in [2.24, 2.45) is 0 Å². The van der Waals surface area contributed by atoms with E-state index < -0.39 is 0 Å². The molecule has 0 aliphatic carbocycles. The van der Waals surface area contributed by atoms with Gasteiger partial charge in [0, 0.05) is 6.54 Å². The molecule has 0 saturated carbocycles. The molecule has 2 aromatic carbocycles. The third-order valence-electron chi connectivity index (χ3n) is 3.52. The normalized spacial score (nSPS) is 10.2. The van der Waals surface area contributed by atoms with Gasteiger partial charge in [0.05, 0.1) is 24.4 Å². The number of rotatable bonds is 6. The summed E-state index contributed by atoms with van der Waals surface area (Å²) in [7, 11) is 3.30. The van der Waals surface area contributed by atoms with Crippen molar-refractivity contribution in [1.82, 2.24) is 5.32 Å². The predicted molar refractivity (Wildman–Crippen MR) is 106 cm³/mol. The van der Waals surface area contributed by atoms with Crippen LogP contribution >= 0.6 is 28.1 Å². The molecule has 24 heavy (non-hydrogen) atoms. The van der Waals surface area contributed by atoms with E-state index in [2.05, 4.69) is 32.6 Å². The van der Waals surface area contributed by atoms with Crippen molar-refractivity contribution in [3.8, 4) is 11.5 Å². The lowest BCUT2D eigenvalue weighted by molar-refractivity contribution is 0.412. The van der Waals surface area contributed by atoms with E-state index in [1.54, 1.807) is 14.2 Å². The molecule has 6 heteroatoms. The molecule has 0 spiro atoms. The Morgan fingerprint density at radius 2 is 1.79 bits per heavy atom. The van der Waals surface area contributed by atoms with E-state index >= 15 is 0 Å². The highest BCUT2D eigenvalue weighted by molar-refractivity contribution is 9.10. The van der Waals surface area contributed by atoms with E-state index in [1.807, 2.05) is 37.3 Å². The molecule has 0 fully saturated rings. The van der Waals surface area contributed by atoms with Crippen LogP contribution in [-0.4, -0.2) is 25.9 Å². The van der Waals surface area contributed by atoms with Gasteiger partial charge in [-0.3, -0.25) is 0 Å². The number of hydrogen-bond acceptors (Lipinski definition) is 3. The number of aryl methyl sites for hydroxylation is 1. The molecule has 0 saturated heterocycles. The molecule has 0 aliphatic rings. The molecule has 0 heterocycles. The molecular formula is C18H21BrN2O2S. The van der Waals surface area contributed by atoms with Crippen molar-refractivity contribution in [2.45, 2.75) is 13.3 Å². The first kappa shape index (κ1) is 18.5. The van der Waals surface area contributed by atoms with Gasteiger partial charge in [0.2, 0.25) is 0 Å². The Hall–Kier alpha value is -1.79. The van der Waals surface area contributed by atoms with E-state index in [9.17, 15) is 0 Å². The number of anilines is 1. The van der Waals surface area contributed by atoms with Crippen LogP contribution < -0.4 is 20.1 Å². The van der Waals surface area contributed by atoms with Gasteiger partial charge < -0.3 is 20.1 Å². The first-order chi connectivity index (χ1) is 11.5. The lowest BCUT2D eigenvalue weighted by Crippen LogP contribution is -2.30. The van der Waals surface area contributed by atoms with Crippen LogP contribution in [0.4, 0.5) is 5.69 Å². The van der Waals surface area contributed by atoms with Gasteiger partial charge in [-0.25, -0.2) is 0 Å². The molecule has 0 aliphatic heterocycles. The zero-order valence-electron chi connectivity index (χ0n) is 14.0. The van der Waals surface area contributed by atoms with E-state index in [0.29, 0.717) is 5.11 Å². The van der Waals surface area contributed by atoms with Crippen molar-refractivity contribution in [2.75, 3.05) is 26.1 Å². The molecule has 4 nitrogen and oxygen atoms in total. The van der Waals surface area contributed by atoms with E-state index in [-0.39, 0.29) is 0 Å². The fourth-order valence-corrected chi connectivity index (χ4v) is 3.07. The van der Waals surface area contributed by atoms with Gasteiger partial charge in [0.15, 0.2) is 5.11 Å². The van der Waals surface area contributed by atoms with E-state index in [0.717, 1.165) is 40.2 Å². The molecule has 0 atom stereocenters. The molecule has 0 radical (unpaired) electrons. The average molecular weight is 409 g/mol. The lowest BCUT2D eigenvalue weighted by atomic mass is 10.1. The van der Waals surface area contributed by atoms with Crippen LogP contribution in [0.1, 0.15) is 11.1 Å². The van der Waals surface area contributed by atoms with Gasteiger partial charge in [0.25, 0.3) is 0 Å². The summed E-state index contributed by atoms with van der Waals surface area (Å²) in [5.74, 6) is 1.60. The monoisotopic (exact) mass is 408 g/mol. The summed E-state index contributed by atoms with van der Waals surface area (Å²) in [4.78, 5) is 0. The Labute approximate surface area is 156 Å². The average Bonchev–Trinajstić information content (AvgIpc) is 2.55. The molecule has 2 rings (SSSR count). The maximum Gasteiger partial charge on any atom is 0.170 e. The topological polar surface area (TPSA) is 42.5 Å². The highest BCUT2D eigenvalue weighted by Gasteiger charge is 2.06. The van der Waals surface area contributed by atoms with Gasteiger partial charge in [0.1, 0.15) is 11.5 Å². The molecule has 2 N–H and O–H groups in total. The fourth-order valence-electron chi connectivity index (χ4n) is 2.27. The van der Waals surface area contributed by atoms with Crippen LogP contribution in [0, 0.1) is 6.92 Å². The van der Waals surface area contributed by atoms with Crippen molar-refractivity contribution in [3.05, 3.63) is 52.0 Å². The van der Waals surface area contributed by atoms with Crippen molar-refractivity contribution < 1.29 is 9.47 Å². The second-order valence-electron chi connectivity index (χ2n) is 5.30. The molecule has 0 bridgehead atoms. The molecule has 0 amide bonds. The minimum absolute atomic E-state index is 0.575. The van der Waals surface area contributed by atoms with Crippen molar-refractivity contribution in [1.29, 1.82) is 0 Å². The minimum Gasteiger partial charge on any atom is -0.496 e. The second-order valence-corrected chi connectivity index (χ2v) is 6.57. The predicted octanol–water partition coefficient (Wildman–Crippen LogP) is 4.30. The standard InChI is InChI=1S/C18H21BrN2O2S/c1-12-4-6-17(23-3)15(10-12)21-18(24)20-9-8-13-5-7-16(22-2)14(19)11-13/h4-7,10-11H,8-9H2,1-3H3,(H2,20,21,24). The number of methoxy groups -OCH3 is 2. The summed E-state index contributed by atoms with van der Waals surface area (Å²) < 4.78 is 11.5. The Kier molecular flexibility index (Phi) is 6.87. The summed E-state index contributed by atoms with van der Waals surface area (Å²) in [5.41, 5.74) is 3.21. The van der Waals surface area contributed by atoms with E-state index in [4.69, 9.17) is 21.7 Å². The summed E-state index contributed by atoms with van der Waals surface area (Å²) >= 11 is 8.86. The van der Waals surface area contributed by atoms with Crippen LogP contribution in [0.5, 0.6) is 11.5 Å². The van der Waals surface area contributed by atoms with E-state index in [1.165, 1.54) is 5.56 Å². The lowest BCUT2D eigenvalue weighted by Gasteiger charge is -2.14. The largest absolute Gasteiger partial charge is 0.496 e. The minimum atomic E-state index is 0.575. The maximum atomic E-state index is 5.36. The van der Waals surface area contributed by atoms with Crippen LogP contribution in [0.2, 0.25) is 0 Å². The highest BCUT2D eigenvalue weighted by atomic mass is 79.9. The summed E-state index contributed by atoms with van der Waals surface area (Å²) in [5, 5.41) is 6.98. The Bertz CT molecular complexity index is 722. The third kappa shape index (κ3) is 5.11.